The SMILES string of the molecule is CCC1CCN(c2ccc(CO)cc2F)C1. The molecule has 1 aromatic carbocycles. The predicted octanol–water partition coefficient (Wildman–Crippen LogP) is 2.55. The fourth-order valence-electron chi connectivity index (χ4n) is 2.29. The molecule has 1 aromatic rings. The summed E-state index contributed by atoms with van der Waals surface area (Å²) in [6.45, 7) is 3.97. The molecule has 2 nitrogen and oxygen atoms in total. The van der Waals surface area contributed by atoms with Crippen LogP contribution in [0.5, 0.6) is 0 Å². The van der Waals surface area contributed by atoms with Crippen LogP contribution in [0.15, 0.2) is 18.2 Å². The van der Waals surface area contributed by atoms with Gasteiger partial charge < -0.3 is 10.0 Å². The molecule has 16 heavy (non-hydrogen) atoms. The van der Waals surface area contributed by atoms with Gasteiger partial charge in [0, 0.05) is 13.1 Å². The zero-order valence-corrected chi connectivity index (χ0v) is 9.62. The van der Waals surface area contributed by atoms with Crippen molar-refractivity contribution in [2.24, 2.45) is 5.92 Å². The fourth-order valence-corrected chi connectivity index (χ4v) is 2.29. The lowest BCUT2D eigenvalue weighted by molar-refractivity contribution is 0.281. The maximum absolute atomic E-state index is 13.8. The van der Waals surface area contributed by atoms with Gasteiger partial charge >= 0.3 is 0 Å². The summed E-state index contributed by atoms with van der Waals surface area (Å²) in [6, 6.07) is 4.99. The fraction of sp³-hybridized carbons (Fsp3) is 0.538. The number of aliphatic hydroxyl groups is 1. The molecule has 1 aliphatic heterocycles. The summed E-state index contributed by atoms with van der Waals surface area (Å²) < 4.78 is 13.8. The number of aliphatic hydroxyl groups excluding tert-OH is 1. The van der Waals surface area contributed by atoms with Crippen molar-refractivity contribution >= 4 is 5.69 Å². The molecular formula is C13H18FNO. The topological polar surface area (TPSA) is 23.5 Å². The lowest BCUT2D eigenvalue weighted by Crippen LogP contribution is -2.20. The molecule has 1 fully saturated rings. The summed E-state index contributed by atoms with van der Waals surface area (Å²) in [5, 5.41) is 8.92. The first-order valence-electron chi connectivity index (χ1n) is 5.88. The number of hydrogen-bond acceptors (Lipinski definition) is 2. The van der Waals surface area contributed by atoms with Gasteiger partial charge in [-0.2, -0.15) is 0 Å². The van der Waals surface area contributed by atoms with E-state index in [2.05, 4.69) is 11.8 Å². The van der Waals surface area contributed by atoms with Crippen molar-refractivity contribution in [1.29, 1.82) is 0 Å². The van der Waals surface area contributed by atoms with Crippen LogP contribution in [0.4, 0.5) is 10.1 Å². The van der Waals surface area contributed by atoms with Crippen LogP contribution in [-0.4, -0.2) is 18.2 Å². The summed E-state index contributed by atoms with van der Waals surface area (Å²) in [5.74, 6) is 0.472. The van der Waals surface area contributed by atoms with E-state index in [0.29, 0.717) is 17.2 Å². The Balaban J connectivity index is 2.15. The van der Waals surface area contributed by atoms with E-state index in [1.165, 1.54) is 6.07 Å². The van der Waals surface area contributed by atoms with Crippen LogP contribution in [0.25, 0.3) is 0 Å². The van der Waals surface area contributed by atoms with Crippen molar-refractivity contribution in [2.75, 3.05) is 18.0 Å². The molecule has 3 heteroatoms. The molecule has 0 amide bonds. The molecule has 2 rings (SSSR count). The lowest BCUT2D eigenvalue weighted by Gasteiger charge is -2.19. The second kappa shape index (κ2) is 4.83. The van der Waals surface area contributed by atoms with Gasteiger partial charge in [0.1, 0.15) is 5.82 Å². The standard InChI is InChI=1S/C13H18FNO/c1-2-10-5-6-15(8-10)13-4-3-11(9-16)7-12(13)14/h3-4,7,10,16H,2,5-6,8-9H2,1H3. The molecule has 0 aromatic heterocycles. The Morgan fingerprint density at radius 2 is 2.31 bits per heavy atom. The van der Waals surface area contributed by atoms with Gasteiger partial charge in [-0.15, -0.1) is 0 Å². The smallest absolute Gasteiger partial charge is 0.146 e. The second-order valence-corrected chi connectivity index (χ2v) is 4.45. The Labute approximate surface area is 95.7 Å². The molecule has 1 aliphatic rings. The summed E-state index contributed by atoms with van der Waals surface area (Å²) in [7, 11) is 0. The molecule has 88 valence electrons. The molecule has 0 aliphatic carbocycles. The third-order valence-electron chi connectivity index (χ3n) is 3.40. The second-order valence-electron chi connectivity index (χ2n) is 4.45. The molecule has 1 N–H and O–H groups in total. The van der Waals surface area contributed by atoms with Crippen LogP contribution < -0.4 is 4.90 Å². The monoisotopic (exact) mass is 223 g/mol. The van der Waals surface area contributed by atoms with E-state index >= 15 is 0 Å². The maximum Gasteiger partial charge on any atom is 0.146 e. The quantitative estimate of drug-likeness (QED) is 0.851. The van der Waals surface area contributed by atoms with Crippen LogP contribution >= 0.6 is 0 Å². The molecule has 1 unspecified atom stereocenters. The van der Waals surface area contributed by atoms with Gasteiger partial charge in [0.05, 0.1) is 12.3 Å². The van der Waals surface area contributed by atoms with E-state index in [4.69, 9.17) is 5.11 Å². The van der Waals surface area contributed by atoms with Crippen molar-refractivity contribution in [3.05, 3.63) is 29.6 Å². The first-order chi connectivity index (χ1) is 7.74. The molecule has 1 atom stereocenters. The largest absolute Gasteiger partial charge is 0.392 e. The highest BCUT2D eigenvalue weighted by Crippen LogP contribution is 2.28. The molecule has 1 saturated heterocycles. The normalized spacial score (nSPS) is 20.4. The zero-order valence-electron chi connectivity index (χ0n) is 9.62. The number of benzene rings is 1. The van der Waals surface area contributed by atoms with Crippen LogP contribution in [-0.2, 0) is 6.61 Å². The number of rotatable bonds is 3. The number of halogens is 1. The first kappa shape index (κ1) is 11.4. The summed E-state index contributed by atoms with van der Waals surface area (Å²) >= 11 is 0. The third kappa shape index (κ3) is 2.19. The average Bonchev–Trinajstić information content (AvgIpc) is 2.77. The van der Waals surface area contributed by atoms with Gasteiger partial charge in [0.25, 0.3) is 0 Å². The number of anilines is 1. The van der Waals surface area contributed by atoms with Crippen LogP contribution in [0.3, 0.4) is 0 Å². The highest BCUT2D eigenvalue weighted by atomic mass is 19.1. The van der Waals surface area contributed by atoms with E-state index in [9.17, 15) is 4.39 Å². The molecular weight excluding hydrogens is 205 g/mol. The van der Waals surface area contributed by atoms with Gasteiger partial charge in [0.2, 0.25) is 0 Å². The van der Waals surface area contributed by atoms with Crippen molar-refractivity contribution < 1.29 is 9.50 Å². The average molecular weight is 223 g/mol. The Hall–Kier alpha value is -1.09. The van der Waals surface area contributed by atoms with Gasteiger partial charge in [-0.25, -0.2) is 4.39 Å². The Kier molecular flexibility index (Phi) is 3.44. The summed E-state index contributed by atoms with van der Waals surface area (Å²) in [4.78, 5) is 2.10. The summed E-state index contributed by atoms with van der Waals surface area (Å²) in [6.07, 6.45) is 2.31. The Bertz CT molecular complexity index is 367. The van der Waals surface area contributed by atoms with Crippen LogP contribution in [0, 0.1) is 11.7 Å². The van der Waals surface area contributed by atoms with Crippen molar-refractivity contribution in [3.63, 3.8) is 0 Å². The van der Waals surface area contributed by atoms with Crippen molar-refractivity contribution in [3.8, 4) is 0 Å². The third-order valence-corrected chi connectivity index (χ3v) is 3.40. The molecule has 0 saturated carbocycles. The van der Waals surface area contributed by atoms with Gasteiger partial charge in [-0.3, -0.25) is 0 Å². The minimum absolute atomic E-state index is 0.102. The minimum atomic E-state index is -0.219. The van der Waals surface area contributed by atoms with Crippen LogP contribution in [0.1, 0.15) is 25.3 Å². The van der Waals surface area contributed by atoms with E-state index in [0.717, 1.165) is 25.9 Å². The number of nitrogens with zero attached hydrogens (tertiary/aromatic N) is 1. The molecule has 0 spiro atoms. The Morgan fingerprint density at radius 1 is 1.50 bits per heavy atom. The maximum atomic E-state index is 13.8. The molecule has 0 radical (unpaired) electrons. The van der Waals surface area contributed by atoms with Gasteiger partial charge in [0.15, 0.2) is 0 Å². The highest BCUT2D eigenvalue weighted by Gasteiger charge is 2.23. The lowest BCUT2D eigenvalue weighted by atomic mass is 10.1. The van der Waals surface area contributed by atoms with E-state index in [1.54, 1.807) is 12.1 Å². The minimum Gasteiger partial charge on any atom is -0.392 e. The zero-order chi connectivity index (χ0) is 11.5. The predicted molar refractivity (Wildman–Crippen MR) is 62.9 cm³/mol. The van der Waals surface area contributed by atoms with Gasteiger partial charge in [-0.1, -0.05) is 19.4 Å². The molecule has 1 heterocycles. The van der Waals surface area contributed by atoms with E-state index in [1.807, 2.05) is 0 Å². The number of hydrogen-bond donors (Lipinski definition) is 1. The van der Waals surface area contributed by atoms with Crippen molar-refractivity contribution in [2.45, 2.75) is 26.4 Å². The first-order valence-corrected chi connectivity index (χ1v) is 5.88. The van der Waals surface area contributed by atoms with Gasteiger partial charge in [-0.05, 0) is 30.0 Å². The summed E-state index contributed by atoms with van der Waals surface area (Å²) in [5.41, 5.74) is 1.31. The van der Waals surface area contributed by atoms with E-state index in [-0.39, 0.29) is 12.4 Å². The van der Waals surface area contributed by atoms with Crippen LogP contribution in [0.2, 0.25) is 0 Å². The molecule has 0 bridgehead atoms. The highest BCUT2D eigenvalue weighted by molar-refractivity contribution is 5.50. The Morgan fingerprint density at radius 3 is 2.88 bits per heavy atom. The van der Waals surface area contributed by atoms with E-state index < -0.39 is 0 Å². The van der Waals surface area contributed by atoms with Crippen molar-refractivity contribution in [1.82, 2.24) is 0 Å².